The molecule has 118 valence electrons. The SMILES string of the molecule is CC(C)c1ccc(C(N)C2CCC(C(C)(C)C)CC2)cc1. The van der Waals surface area contributed by atoms with Gasteiger partial charge >= 0.3 is 0 Å². The van der Waals surface area contributed by atoms with E-state index >= 15 is 0 Å². The molecule has 0 aromatic heterocycles. The van der Waals surface area contributed by atoms with Crippen LogP contribution in [-0.4, -0.2) is 0 Å². The average molecular weight is 287 g/mol. The number of hydrogen-bond donors (Lipinski definition) is 1. The molecule has 1 aliphatic rings. The maximum Gasteiger partial charge on any atom is 0.0323 e. The summed E-state index contributed by atoms with van der Waals surface area (Å²) in [6.07, 6.45) is 5.25. The van der Waals surface area contributed by atoms with Crippen LogP contribution in [0.25, 0.3) is 0 Å². The third-order valence-electron chi connectivity index (χ3n) is 5.49. The van der Waals surface area contributed by atoms with Crippen molar-refractivity contribution in [3.8, 4) is 0 Å². The van der Waals surface area contributed by atoms with Gasteiger partial charge in [0.15, 0.2) is 0 Å². The lowest BCUT2D eigenvalue weighted by Gasteiger charge is -2.38. The van der Waals surface area contributed by atoms with E-state index in [9.17, 15) is 0 Å². The minimum atomic E-state index is 0.215. The lowest BCUT2D eigenvalue weighted by molar-refractivity contribution is 0.139. The highest BCUT2D eigenvalue weighted by molar-refractivity contribution is 5.27. The topological polar surface area (TPSA) is 26.0 Å². The van der Waals surface area contributed by atoms with Crippen molar-refractivity contribution in [3.63, 3.8) is 0 Å². The molecule has 2 N–H and O–H groups in total. The zero-order valence-electron chi connectivity index (χ0n) is 14.5. The highest BCUT2D eigenvalue weighted by Crippen LogP contribution is 2.42. The summed E-state index contributed by atoms with van der Waals surface area (Å²) in [5, 5.41) is 0. The third-order valence-corrected chi connectivity index (χ3v) is 5.49. The Labute approximate surface area is 131 Å². The van der Waals surface area contributed by atoms with Gasteiger partial charge in [0.1, 0.15) is 0 Å². The van der Waals surface area contributed by atoms with E-state index in [1.165, 1.54) is 36.8 Å². The Bertz CT molecular complexity index is 430. The first kappa shape index (κ1) is 16.5. The highest BCUT2D eigenvalue weighted by Gasteiger charge is 2.32. The highest BCUT2D eigenvalue weighted by atomic mass is 14.7. The molecule has 0 heterocycles. The van der Waals surface area contributed by atoms with Crippen molar-refractivity contribution >= 4 is 0 Å². The van der Waals surface area contributed by atoms with Crippen molar-refractivity contribution in [1.82, 2.24) is 0 Å². The molecule has 1 heteroatoms. The van der Waals surface area contributed by atoms with Gasteiger partial charge < -0.3 is 5.73 Å². The van der Waals surface area contributed by atoms with E-state index in [1.54, 1.807) is 0 Å². The quantitative estimate of drug-likeness (QED) is 0.762. The molecule has 0 saturated heterocycles. The van der Waals surface area contributed by atoms with Gasteiger partial charge in [-0.15, -0.1) is 0 Å². The second kappa shape index (κ2) is 6.52. The molecule has 0 bridgehead atoms. The molecule has 2 rings (SSSR count). The van der Waals surface area contributed by atoms with E-state index in [0.717, 1.165) is 5.92 Å². The van der Waals surface area contributed by atoms with Crippen molar-refractivity contribution < 1.29 is 0 Å². The van der Waals surface area contributed by atoms with Crippen LogP contribution < -0.4 is 5.73 Å². The summed E-state index contributed by atoms with van der Waals surface area (Å²) >= 11 is 0. The van der Waals surface area contributed by atoms with Crippen molar-refractivity contribution in [2.75, 3.05) is 0 Å². The van der Waals surface area contributed by atoms with E-state index in [-0.39, 0.29) is 6.04 Å². The molecule has 21 heavy (non-hydrogen) atoms. The predicted octanol–water partition coefficient (Wildman–Crippen LogP) is 5.66. The normalized spacial score (nSPS) is 25.1. The molecule has 0 radical (unpaired) electrons. The molecule has 1 aliphatic carbocycles. The molecule has 1 fully saturated rings. The number of nitrogens with two attached hydrogens (primary N) is 1. The molecule has 0 aliphatic heterocycles. The van der Waals surface area contributed by atoms with E-state index in [0.29, 0.717) is 17.3 Å². The van der Waals surface area contributed by atoms with Crippen molar-refractivity contribution in [2.45, 2.75) is 72.3 Å². The molecule has 1 saturated carbocycles. The lowest BCUT2D eigenvalue weighted by atomic mass is 9.68. The molecular formula is C20H33N. The second-order valence-electron chi connectivity index (χ2n) is 8.32. The van der Waals surface area contributed by atoms with Crippen LogP contribution in [0, 0.1) is 17.3 Å². The van der Waals surface area contributed by atoms with Crippen LogP contribution in [0.4, 0.5) is 0 Å². The fraction of sp³-hybridized carbons (Fsp3) is 0.700. The number of benzene rings is 1. The fourth-order valence-electron chi connectivity index (χ4n) is 3.72. The maximum atomic E-state index is 6.55. The van der Waals surface area contributed by atoms with Gasteiger partial charge in [-0.05, 0) is 60.0 Å². The smallest absolute Gasteiger partial charge is 0.0323 e. The van der Waals surface area contributed by atoms with Gasteiger partial charge in [0.2, 0.25) is 0 Å². The Morgan fingerprint density at radius 3 is 1.81 bits per heavy atom. The number of rotatable bonds is 3. The lowest BCUT2D eigenvalue weighted by Crippen LogP contribution is -2.30. The average Bonchev–Trinajstić information content (AvgIpc) is 2.46. The van der Waals surface area contributed by atoms with E-state index < -0.39 is 0 Å². The molecule has 1 aromatic carbocycles. The summed E-state index contributed by atoms with van der Waals surface area (Å²) in [4.78, 5) is 0. The molecular weight excluding hydrogens is 254 g/mol. The largest absolute Gasteiger partial charge is 0.324 e. The van der Waals surface area contributed by atoms with Crippen LogP contribution >= 0.6 is 0 Å². The standard InChI is InChI=1S/C20H33N/c1-14(2)15-6-8-16(9-7-15)19(21)17-10-12-18(13-11-17)20(3,4)5/h6-9,14,17-19H,10-13,21H2,1-5H3. The Hall–Kier alpha value is -0.820. The Kier molecular flexibility index (Phi) is 5.14. The van der Waals surface area contributed by atoms with Crippen molar-refractivity contribution in [1.29, 1.82) is 0 Å². The van der Waals surface area contributed by atoms with Gasteiger partial charge in [-0.2, -0.15) is 0 Å². The van der Waals surface area contributed by atoms with Crippen molar-refractivity contribution in [3.05, 3.63) is 35.4 Å². The van der Waals surface area contributed by atoms with Crippen molar-refractivity contribution in [2.24, 2.45) is 23.0 Å². The Morgan fingerprint density at radius 2 is 1.38 bits per heavy atom. The second-order valence-corrected chi connectivity index (χ2v) is 8.32. The van der Waals surface area contributed by atoms with Crippen LogP contribution in [0.3, 0.4) is 0 Å². The molecule has 1 atom stereocenters. The summed E-state index contributed by atoms with van der Waals surface area (Å²) in [5.41, 5.74) is 9.73. The minimum absolute atomic E-state index is 0.215. The first-order valence-corrected chi connectivity index (χ1v) is 8.64. The molecule has 1 aromatic rings. The molecule has 0 amide bonds. The molecule has 1 nitrogen and oxygen atoms in total. The first-order valence-electron chi connectivity index (χ1n) is 8.64. The summed E-state index contributed by atoms with van der Waals surface area (Å²) in [7, 11) is 0. The zero-order chi connectivity index (χ0) is 15.6. The van der Waals surface area contributed by atoms with E-state index in [4.69, 9.17) is 5.73 Å². The monoisotopic (exact) mass is 287 g/mol. The maximum absolute atomic E-state index is 6.55. The summed E-state index contributed by atoms with van der Waals surface area (Å²) in [6, 6.07) is 9.21. The van der Waals surface area contributed by atoms with Crippen LogP contribution in [-0.2, 0) is 0 Å². The van der Waals surface area contributed by atoms with Gasteiger partial charge in [0, 0.05) is 6.04 Å². The van der Waals surface area contributed by atoms with Gasteiger partial charge in [-0.3, -0.25) is 0 Å². The van der Waals surface area contributed by atoms with Gasteiger partial charge in [-0.25, -0.2) is 0 Å². The first-order chi connectivity index (χ1) is 9.79. The van der Waals surface area contributed by atoms with E-state index in [2.05, 4.69) is 58.9 Å². The Balaban J connectivity index is 1.97. The summed E-state index contributed by atoms with van der Waals surface area (Å²) in [6.45, 7) is 11.6. The molecule has 1 unspecified atom stereocenters. The molecule has 0 spiro atoms. The van der Waals surface area contributed by atoms with Crippen LogP contribution in [0.15, 0.2) is 24.3 Å². The van der Waals surface area contributed by atoms with Crippen LogP contribution in [0.2, 0.25) is 0 Å². The summed E-state index contributed by atoms with van der Waals surface area (Å²) < 4.78 is 0. The van der Waals surface area contributed by atoms with Crippen LogP contribution in [0.1, 0.15) is 83.4 Å². The van der Waals surface area contributed by atoms with Gasteiger partial charge in [0.25, 0.3) is 0 Å². The number of hydrogen-bond acceptors (Lipinski definition) is 1. The third kappa shape index (κ3) is 4.10. The minimum Gasteiger partial charge on any atom is -0.324 e. The van der Waals surface area contributed by atoms with Gasteiger partial charge in [0.05, 0.1) is 0 Å². The fourth-order valence-corrected chi connectivity index (χ4v) is 3.72. The zero-order valence-corrected chi connectivity index (χ0v) is 14.5. The van der Waals surface area contributed by atoms with E-state index in [1.807, 2.05) is 0 Å². The van der Waals surface area contributed by atoms with Gasteiger partial charge in [-0.1, -0.05) is 58.9 Å². The predicted molar refractivity (Wildman–Crippen MR) is 92.4 cm³/mol. The summed E-state index contributed by atoms with van der Waals surface area (Å²) in [5.74, 6) is 2.12. The Morgan fingerprint density at radius 1 is 0.905 bits per heavy atom. The van der Waals surface area contributed by atoms with Crippen LogP contribution in [0.5, 0.6) is 0 Å².